The Balaban J connectivity index is 2.04. The molecule has 1 amide bonds. The van der Waals surface area contributed by atoms with E-state index in [1.54, 1.807) is 24.5 Å². The average molecular weight is 257 g/mol. The van der Waals surface area contributed by atoms with Crippen LogP contribution in [0.15, 0.2) is 42.9 Å². The summed E-state index contributed by atoms with van der Waals surface area (Å²) in [6, 6.07) is 6.28. The number of nitrogens with zero attached hydrogens (tertiary/aromatic N) is 2. The maximum absolute atomic E-state index is 11.8. The van der Waals surface area contributed by atoms with Gasteiger partial charge in [-0.2, -0.15) is 0 Å². The van der Waals surface area contributed by atoms with Crippen LogP contribution in [-0.2, 0) is 6.54 Å². The molecule has 0 radical (unpaired) electrons. The Morgan fingerprint density at radius 3 is 2.58 bits per heavy atom. The van der Waals surface area contributed by atoms with E-state index in [-0.39, 0.29) is 17.2 Å². The Labute approximate surface area is 109 Å². The molecule has 0 aliphatic heterocycles. The number of carboxylic acids is 1. The van der Waals surface area contributed by atoms with Gasteiger partial charge in [0, 0.05) is 30.7 Å². The molecule has 0 saturated carbocycles. The molecule has 0 atom stereocenters. The van der Waals surface area contributed by atoms with E-state index in [0.717, 1.165) is 5.56 Å². The first-order chi connectivity index (χ1) is 9.16. The lowest BCUT2D eigenvalue weighted by Crippen LogP contribution is -2.23. The van der Waals surface area contributed by atoms with Gasteiger partial charge in [-0.15, -0.1) is 0 Å². The lowest BCUT2D eigenvalue weighted by Gasteiger charge is -2.05. The molecule has 0 aliphatic carbocycles. The van der Waals surface area contributed by atoms with Gasteiger partial charge in [-0.05, 0) is 29.8 Å². The van der Waals surface area contributed by atoms with Crippen LogP contribution in [0.25, 0.3) is 0 Å². The van der Waals surface area contributed by atoms with Crippen molar-refractivity contribution < 1.29 is 14.7 Å². The summed E-state index contributed by atoms with van der Waals surface area (Å²) in [7, 11) is 0. The SMILES string of the molecule is O=C(NCc1ccncc1)c1ccnc(C(=O)O)c1. The van der Waals surface area contributed by atoms with E-state index >= 15 is 0 Å². The summed E-state index contributed by atoms with van der Waals surface area (Å²) in [5.74, 6) is -1.51. The Morgan fingerprint density at radius 1 is 1.16 bits per heavy atom. The fraction of sp³-hybridized carbons (Fsp3) is 0.0769. The Morgan fingerprint density at radius 2 is 1.89 bits per heavy atom. The second-order valence-electron chi connectivity index (χ2n) is 3.77. The number of rotatable bonds is 4. The van der Waals surface area contributed by atoms with Crippen molar-refractivity contribution in [2.75, 3.05) is 0 Å². The number of nitrogens with one attached hydrogen (secondary N) is 1. The molecule has 19 heavy (non-hydrogen) atoms. The van der Waals surface area contributed by atoms with Crippen LogP contribution in [0, 0.1) is 0 Å². The van der Waals surface area contributed by atoms with Crippen LogP contribution in [0.1, 0.15) is 26.4 Å². The molecule has 6 heteroatoms. The van der Waals surface area contributed by atoms with Gasteiger partial charge in [-0.25, -0.2) is 9.78 Å². The highest BCUT2D eigenvalue weighted by Crippen LogP contribution is 2.03. The van der Waals surface area contributed by atoms with Crippen molar-refractivity contribution in [3.8, 4) is 0 Å². The number of pyridine rings is 2. The van der Waals surface area contributed by atoms with E-state index in [9.17, 15) is 9.59 Å². The maximum Gasteiger partial charge on any atom is 0.354 e. The molecule has 0 aliphatic rings. The molecule has 0 fully saturated rings. The van der Waals surface area contributed by atoms with Gasteiger partial charge < -0.3 is 10.4 Å². The quantitative estimate of drug-likeness (QED) is 0.855. The molecule has 0 bridgehead atoms. The van der Waals surface area contributed by atoms with Gasteiger partial charge in [0.2, 0.25) is 0 Å². The number of carboxylic acid groups (broad SMARTS) is 1. The van der Waals surface area contributed by atoms with Gasteiger partial charge in [0.25, 0.3) is 5.91 Å². The Hall–Kier alpha value is -2.76. The van der Waals surface area contributed by atoms with Crippen LogP contribution in [0.5, 0.6) is 0 Å². The molecule has 2 heterocycles. The fourth-order valence-electron chi connectivity index (χ4n) is 1.47. The van der Waals surface area contributed by atoms with Gasteiger partial charge in [0.1, 0.15) is 5.69 Å². The monoisotopic (exact) mass is 257 g/mol. The van der Waals surface area contributed by atoms with Crippen molar-refractivity contribution in [1.82, 2.24) is 15.3 Å². The number of carbonyl (C=O) groups excluding carboxylic acids is 1. The minimum absolute atomic E-state index is 0.156. The van der Waals surface area contributed by atoms with E-state index < -0.39 is 5.97 Å². The zero-order chi connectivity index (χ0) is 13.7. The standard InChI is InChI=1S/C13H11N3O3/c17-12(16-8-9-1-4-14-5-2-9)10-3-6-15-11(7-10)13(18)19/h1-7H,8H2,(H,16,17)(H,18,19). The number of hydrogen-bond donors (Lipinski definition) is 2. The van der Waals surface area contributed by atoms with Gasteiger partial charge in [-0.3, -0.25) is 9.78 Å². The van der Waals surface area contributed by atoms with Gasteiger partial charge in [0.05, 0.1) is 0 Å². The summed E-state index contributed by atoms with van der Waals surface area (Å²) in [6.07, 6.45) is 4.57. The molecular weight excluding hydrogens is 246 g/mol. The number of hydrogen-bond acceptors (Lipinski definition) is 4. The largest absolute Gasteiger partial charge is 0.477 e. The highest BCUT2D eigenvalue weighted by Gasteiger charge is 2.10. The highest BCUT2D eigenvalue weighted by molar-refractivity contribution is 5.96. The zero-order valence-corrected chi connectivity index (χ0v) is 9.91. The molecule has 0 unspecified atom stereocenters. The molecular formula is C13H11N3O3. The van der Waals surface area contributed by atoms with Crippen molar-refractivity contribution in [2.45, 2.75) is 6.54 Å². The van der Waals surface area contributed by atoms with Crippen LogP contribution in [0.2, 0.25) is 0 Å². The third kappa shape index (κ3) is 3.35. The smallest absolute Gasteiger partial charge is 0.354 e. The molecule has 2 N–H and O–H groups in total. The second kappa shape index (κ2) is 5.72. The first kappa shape index (κ1) is 12.7. The molecule has 0 saturated heterocycles. The molecule has 2 rings (SSSR count). The van der Waals surface area contributed by atoms with Crippen molar-refractivity contribution in [2.24, 2.45) is 0 Å². The van der Waals surface area contributed by atoms with Crippen LogP contribution >= 0.6 is 0 Å². The van der Waals surface area contributed by atoms with Crippen molar-refractivity contribution >= 4 is 11.9 Å². The highest BCUT2D eigenvalue weighted by atomic mass is 16.4. The average Bonchev–Trinajstić information content (AvgIpc) is 2.46. The van der Waals surface area contributed by atoms with Crippen molar-refractivity contribution in [3.63, 3.8) is 0 Å². The van der Waals surface area contributed by atoms with Crippen LogP contribution in [0.4, 0.5) is 0 Å². The lowest BCUT2D eigenvalue weighted by atomic mass is 10.2. The summed E-state index contributed by atoms with van der Waals surface area (Å²) in [4.78, 5) is 30.1. The summed E-state index contributed by atoms with van der Waals surface area (Å²) < 4.78 is 0. The van der Waals surface area contributed by atoms with Gasteiger partial charge in [0.15, 0.2) is 0 Å². The number of aromatic carboxylic acids is 1. The molecule has 2 aromatic heterocycles. The van der Waals surface area contributed by atoms with E-state index in [1.165, 1.54) is 18.3 Å². The van der Waals surface area contributed by atoms with Crippen LogP contribution < -0.4 is 5.32 Å². The third-order valence-corrected chi connectivity index (χ3v) is 2.44. The molecule has 0 spiro atoms. The second-order valence-corrected chi connectivity index (χ2v) is 3.77. The van der Waals surface area contributed by atoms with Crippen molar-refractivity contribution in [1.29, 1.82) is 0 Å². The minimum atomic E-state index is -1.16. The summed E-state index contributed by atoms with van der Waals surface area (Å²) >= 11 is 0. The maximum atomic E-state index is 11.8. The molecule has 6 nitrogen and oxygen atoms in total. The van der Waals surface area contributed by atoms with Gasteiger partial charge in [-0.1, -0.05) is 0 Å². The predicted octanol–water partition coefficient (Wildman–Crippen LogP) is 1.10. The van der Waals surface area contributed by atoms with E-state index in [2.05, 4.69) is 15.3 Å². The fourth-order valence-corrected chi connectivity index (χ4v) is 1.47. The first-order valence-electron chi connectivity index (χ1n) is 5.53. The summed E-state index contributed by atoms with van der Waals surface area (Å²) in [5, 5.41) is 11.5. The zero-order valence-electron chi connectivity index (χ0n) is 9.91. The summed E-state index contributed by atoms with van der Waals surface area (Å²) in [6.45, 7) is 0.353. The minimum Gasteiger partial charge on any atom is -0.477 e. The van der Waals surface area contributed by atoms with E-state index in [1.807, 2.05) is 0 Å². The van der Waals surface area contributed by atoms with Crippen LogP contribution in [-0.4, -0.2) is 27.0 Å². The third-order valence-electron chi connectivity index (χ3n) is 2.44. The Kier molecular flexibility index (Phi) is 3.82. The van der Waals surface area contributed by atoms with Crippen LogP contribution in [0.3, 0.4) is 0 Å². The predicted molar refractivity (Wildman–Crippen MR) is 66.6 cm³/mol. The first-order valence-corrected chi connectivity index (χ1v) is 5.53. The van der Waals surface area contributed by atoms with Crippen molar-refractivity contribution in [3.05, 3.63) is 59.7 Å². The molecule has 2 aromatic rings. The van der Waals surface area contributed by atoms with Gasteiger partial charge >= 0.3 is 5.97 Å². The Bertz CT molecular complexity index is 599. The lowest BCUT2D eigenvalue weighted by molar-refractivity contribution is 0.0690. The number of amides is 1. The topological polar surface area (TPSA) is 92.2 Å². The summed E-state index contributed by atoms with van der Waals surface area (Å²) in [5.41, 5.74) is 1.02. The van der Waals surface area contributed by atoms with E-state index in [0.29, 0.717) is 6.54 Å². The normalized spacial score (nSPS) is 9.89. The molecule has 96 valence electrons. The number of carbonyl (C=O) groups is 2. The number of aromatic nitrogens is 2. The molecule has 0 aromatic carbocycles. The van der Waals surface area contributed by atoms with E-state index in [4.69, 9.17) is 5.11 Å².